The minimum atomic E-state index is 0.489. The molecule has 0 aromatic heterocycles. The molecule has 1 aliphatic rings. The van der Waals surface area contributed by atoms with E-state index in [1.807, 2.05) is 18.2 Å². The fourth-order valence-electron chi connectivity index (χ4n) is 1.90. The third-order valence-electron chi connectivity index (χ3n) is 2.77. The molecule has 0 heterocycles. The van der Waals surface area contributed by atoms with Crippen molar-refractivity contribution in [3.63, 3.8) is 0 Å². The zero-order chi connectivity index (χ0) is 9.80. The maximum absolute atomic E-state index is 5.82. The van der Waals surface area contributed by atoms with Gasteiger partial charge in [-0.25, -0.2) is 0 Å². The Labute approximate surface area is 90.9 Å². The van der Waals surface area contributed by atoms with Crippen molar-refractivity contribution in [1.82, 2.24) is 0 Å². The van der Waals surface area contributed by atoms with Crippen molar-refractivity contribution in [2.24, 2.45) is 0 Å². The van der Waals surface area contributed by atoms with Crippen LogP contribution in [0.25, 0.3) is 0 Å². The molecule has 0 amide bonds. The average molecular weight is 208 g/mol. The molecule has 0 radical (unpaired) electrons. The molecule has 0 atom stereocenters. The number of hydrogen-bond donors (Lipinski definition) is 1. The number of benzene rings is 1. The summed E-state index contributed by atoms with van der Waals surface area (Å²) in [5.74, 6) is 0. The topological polar surface area (TPSA) is 9.23 Å². The molecule has 0 N–H and O–H groups in total. The Morgan fingerprint density at radius 3 is 2.64 bits per heavy atom. The lowest BCUT2D eigenvalue weighted by Gasteiger charge is -2.11. The van der Waals surface area contributed by atoms with Gasteiger partial charge >= 0.3 is 0 Å². The van der Waals surface area contributed by atoms with E-state index in [0.29, 0.717) is 12.7 Å². The number of hydrogen-bond acceptors (Lipinski definition) is 2. The molecule has 1 aliphatic carbocycles. The van der Waals surface area contributed by atoms with Crippen LogP contribution < -0.4 is 0 Å². The predicted molar refractivity (Wildman–Crippen MR) is 60.7 cm³/mol. The van der Waals surface area contributed by atoms with Crippen molar-refractivity contribution < 1.29 is 4.74 Å². The Hall–Kier alpha value is -0.470. The van der Waals surface area contributed by atoms with E-state index in [1.54, 1.807) is 0 Å². The summed E-state index contributed by atoms with van der Waals surface area (Å²) in [7, 11) is 0. The smallest absolute Gasteiger partial charge is 0.0731 e. The van der Waals surface area contributed by atoms with Crippen molar-refractivity contribution in [2.75, 3.05) is 0 Å². The highest BCUT2D eigenvalue weighted by atomic mass is 32.1. The first-order valence-electron chi connectivity index (χ1n) is 5.25. The standard InChI is InChI=1S/C12H16OS/c14-12-8-4-1-5-10(12)9-13-11-6-2-3-7-11/h1,4-5,8,11,14H,2-3,6-7,9H2. The van der Waals surface area contributed by atoms with E-state index < -0.39 is 0 Å². The second-order valence-corrected chi connectivity index (χ2v) is 4.33. The first-order chi connectivity index (χ1) is 6.86. The maximum Gasteiger partial charge on any atom is 0.0731 e. The molecule has 14 heavy (non-hydrogen) atoms. The van der Waals surface area contributed by atoms with E-state index in [-0.39, 0.29) is 0 Å². The summed E-state index contributed by atoms with van der Waals surface area (Å²) >= 11 is 4.39. The van der Waals surface area contributed by atoms with Crippen LogP contribution in [0.3, 0.4) is 0 Å². The van der Waals surface area contributed by atoms with Crippen molar-refractivity contribution in [3.8, 4) is 0 Å². The van der Waals surface area contributed by atoms with Crippen LogP contribution in [0, 0.1) is 0 Å². The lowest BCUT2D eigenvalue weighted by molar-refractivity contribution is 0.0446. The molecule has 1 saturated carbocycles. The fourth-order valence-corrected chi connectivity index (χ4v) is 2.12. The Bertz CT molecular complexity index is 292. The third kappa shape index (κ3) is 2.52. The zero-order valence-electron chi connectivity index (χ0n) is 8.28. The molecule has 76 valence electrons. The van der Waals surface area contributed by atoms with Gasteiger partial charge in [-0.3, -0.25) is 0 Å². The van der Waals surface area contributed by atoms with Crippen LogP contribution in [-0.4, -0.2) is 6.10 Å². The second kappa shape index (κ2) is 4.85. The Morgan fingerprint density at radius 1 is 1.21 bits per heavy atom. The second-order valence-electron chi connectivity index (χ2n) is 3.85. The quantitative estimate of drug-likeness (QED) is 0.749. The molecule has 0 aliphatic heterocycles. The molecular formula is C12H16OS. The van der Waals surface area contributed by atoms with Gasteiger partial charge in [0.05, 0.1) is 12.7 Å². The molecule has 0 unspecified atom stereocenters. The van der Waals surface area contributed by atoms with E-state index in [2.05, 4.69) is 18.7 Å². The Kier molecular flexibility index (Phi) is 3.49. The van der Waals surface area contributed by atoms with Gasteiger partial charge in [0.1, 0.15) is 0 Å². The van der Waals surface area contributed by atoms with Gasteiger partial charge in [0.25, 0.3) is 0 Å². The van der Waals surface area contributed by atoms with E-state index in [0.717, 1.165) is 4.90 Å². The van der Waals surface area contributed by atoms with Crippen LogP contribution in [0.4, 0.5) is 0 Å². The maximum atomic E-state index is 5.82. The van der Waals surface area contributed by atoms with Crippen LogP contribution in [-0.2, 0) is 11.3 Å². The van der Waals surface area contributed by atoms with Crippen LogP contribution in [0.2, 0.25) is 0 Å². The lowest BCUT2D eigenvalue weighted by atomic mass is 10.2. The molecule has 0 spiro atoms. The average Bonchev–Trinajstić information content (AvgIpc) is 2.69. The molecule has 2 heteroatoms. The molecular weight excluding hydrogens is 192 g/mol. The molecule has 2 rings (SSSR count). The third-order valence-corrected chi connectivity index (χ3v) is 3.20. The van der Waals surface area contributed by atoms with Crippen LogP contribution in [0.5, 0.6) is 0 Å². The highest BCUT2D eigenvalue weighted by Crippen LogP contribution is 2.23. The Morgan fingerprint density at radius 2 is 1.93 bits per heavy atom. The largest absolute Gasteiger partial charge is 0.374 e. The molecule has 0 saturated heterocycles. The fraction of sp³-hybridized carbons (Fsp3) is 0.500. The highest BCUT2D eigenvalue weighted by Gasteiger charge is 2.15. The van der Waals surface area contributed by atoms with E-state index in [1.165, 1.54) is 31.2 Å². The molecule has 1 aromatic carbocycles. The monoisotopic (exact) mass is 208 g/mol. The predicted octanol–water partition coefficient (Wildman–Crippen LogP) is 3.43. The number of thiol groups is 1. The van der Waals surface area contributed by atoms with Gasteiger partial charge in [0.2, 0.25) is 0 Å². The summed E-state index contributed by atoms with van der Waals surface area (Å²) in [6, 6.07) is 8.13. The summed E-state index contributed by atoms with van der Waals surface area (Å²) in [6.45, 7) is 0.713. The Balaban J connectivity index is 1.88. The van der Waals surface area contributed by atoms with Crippen LogP contribution in [0.15, 0.2) is 29.2 Å². The van der Waals surface area contributed by atoms with Crippen molar-refractivity contribution in [1.29, 1.82) is 0 Å². The highest BCUT2D eigenvalue weighted by molar-refractivity contribution is 7.80. The summed E-state index contributed by atoms with van der Waals surface area (Å²) in [4.78, 5) is 1.03. The summed E-state index contributed by atoms with van der Waals surface area (Å²) in [5, 5.41) is 0. The van der Waals surface area contributed by atoms with E-state index >= 15 is 0 Å². The molecule has 1 nitrogen and oxygen atoms in total. The normalized spacial score (nSPS) is 17.5. The van der Waals surface area contributed by atoms with Crippen molar-refractivity contribution >= 4 is 12.6 Å². The number of ether oxygens (including phenoxy) is 1. The summed E-state index contributed by atoms with van der Waals surface area (Å²) in [5.41, 5.74) is 1.20. The van der Waals surface area contributed by atoms with Gasteiger partial charge < -0.3 is 4.74 Å². The molecule has 0 bridgehead atoms. The minimum absolute atomic E-state index is 0.489. The summed E-state index contributed by atoms with van der Waals surface area (Å²) in [6.07, 6.45) is 5.60. The van der Waals surface area contributed by atoms with E-state index in [4.69, 9.17) is 4.74 Å². The summed E-state index contributed by atoms with van der Waals surface area (Å²) < 4.78 is 5.82. The van der Waals surface area contributed by atoms with Gasteiger partial charge in [-0.05, 0) is 24.5 Å². The SMILES string of the molecule is Sc1ccccc1COC1CCCC1. The van der Waals surface area contributed by atoms with Gasteiger partial charge in [-0.2, -0.15) is 0 Å². The van der Waals surface area contributed by atoms with E-state index in [9.17, 15) is 0 Å². The first kappa shape index (κ1) is 10.1. The van der Waals surface area contributed by atoms with Crippen LogP contribution >= 0.6 is 12.6 Å². The first-order valence-corrected chi connectivity index (χ1v) is 5.69. The molecule has 1 fully saturated rings. The van der Waals surface area contributed by atoms with Crippen LogP contribution in [0.1, 0.15) is 31.2 Å². The zero-order valence-corrected chi connectivity index (χ0v) is 9.17. The van der Waals surface area contributed by atoms with Gasteiger partial charge in [-0.1, -0.05) is 31.0 Å². The minimum Gasteiger partial charge on any atom is -0.374 e. The molecule has 1 aromatic rings. The van der Waals surface area contributed by atoms with Gasteiger partial charge in [-0.15, -0.1) is 12.6 Å². The van der Waals surface area contributed by atoms with Crippen molar-refractivity contribution in [2.45, 2.75) is 43.3 Å². The van der Waals surface area contributed by atoms with Crippen molar-refractivity contribution in [3.05, 3.63) is 29.8 Å². The lowest BCUT2D eigenvalue weighted by Crippen LogP contribution is -2.07. The number of rotatable bonds is 3. The van der Waals surface area contributed by atoms with Gasteiger partial charge in [0, 0.05) is 4.90 Å². The van der Waals surface area contributed by atoms with Gasteiger partial charge in [0.15, 0.2) is 0 Å².